The number of nitrogens with zero attached hydrogens (tertiary/aromatic N) is 1. The van der Waals surface area contributed by atoms with Gasteiger partial charge in [-0.1, -0.05) is 31.2 Å². The summed E-state index contributed by atoms with van der Waals surface area (Å²) in [7, 11) is 0. The number of aryl methyl sites for hydroxylation is 1. The molecule has 0 bridgehead atoms. The Labute approximate surface area is 120 Å². The van der Waals surface area contributed by atoms with Crippen molar-refractivity contribution in [3.05, 3.63) is 59.4 Å². The van der Waals surface area contributed by atoms with E-state index >= 15 is 0 Å². The fourth-order valence-corrected chi connectivity index (χ4v) is 2.77. The summed E-state index contributed by atoms with van der Waals surface area (Å²) in [5.41, 5.74) is 3.55. The summed E-state index contributed by atoms with van der Waals surface area (Å²) in [5, 5.41) is 3.52. The first-order chi connectivity index (χ1) is 9.90. The number of ether oxygens (including phenoxy) is 1. The highest BCUT2D eigenvalue weighted by molar-refractivity contribution is 5.46. The fourth-order valence-electron chi connectivity index (χ4n) is 2.77. The van der Waals surface area contributed by atoms with Crippen molar-refractivity contribution in [1.82, 2.24) is 10.3 Å². The van der Waals surface area contributed by atoms with Gasteiger partial charge in [0.1, 0.15) is 5.75 Å². The highest BCUT2D eigenvalue weighted by atomic mass is 16.5. The average molecular weight is 268 g/mol. The van der Waals surface area contributed by atoms with Crippen LogP contribution in [-0.2, 0) is 6.42 Å². The molecule has 1 aromatic heterocycles. The van der Waals surface area contributed by atoms with Crippen LogP contribution in [0.2, 0.25) is 0 Å². The number of hydrogen-bond donors (Lipinski definition) is 1. The predicted molar refractivity (Wildman–Crippen MR) is 80.0 cm³/mol. The highest BCUT2D eigenvalue weighted by Crippen LogP contribution is 2.35. The van der Waals surface area contributed by atoms with Crippen LogP contribution in [-0.4, -0.2) is 18.1 Å². The molecule has 0 amide bonds. The van der Waals surface area contributed by atoms with Crippen molar-refractivity contribution in [2.24, 2.45) is 0 Å². The average Bonchev–Trinajstić information content (AvgIpc) is 2.53. The zero-order chi connectivity index (χ0) is 13.8. The maximum Gasteiger partial charge on any atom is 0.127 e. The SMILES string of the molecule is CCNC(c1ccccn1)c1cccc2c1OCCC2. The number of pyridine rings is 1. The van der Waals surface area contributed by atoms with Crippen LogP contribution in [0.1, 0.15) is 36.2 Å². The minimum atomic E-state index is 0.0919. The zero-order valence-corrected chi connectivity index (χ0v) is 11.8. The van der Waals surface area contributed by atoms with E-state index in [0.717, 1.165) is 37.4 Å². The summed E-state index contributed by atoms with van der Waals surface area (Å²) in [6.45, 7) is 3.82. The summed E-state index contributed by atoms with van der Waals surface area (Å²) in [4.78, 5) is 4.50. The Morgan fingerprint density at radius 1 is 1.25 bits per heavy atom. The molecule has 1 N–H and O–H groups in total. The number of rotatable bonds is 4. The van der Waals surface area contributed by atoms with Gasteiger partial charge in [0.2, 0.25) is 0 Å². The van der Waals surface area contributed by atoms with E-state index in [1.54, 1.807) is 0 Å². The van der Waals surface area contributed by atoms with Crippen molar-refractivity contribution in [2.75, 3.05) is 13.2 Å². The van der Waals surface area contributed by atoms with Gasteiger partial charge in [-0.2, -0.15) is 0 Å². The first-order valence-electron chi connectivity index (χ1n) is 7.29. The molecule has 0 saturated carbocycles. The summed E-state index contributed by atoms with van der Waals surface area (Å²) < 4.78 is 5.94. The maximum atomic E-state index is 5.94. The predicted octanol–water partition coefficient (Wildman–Crippen LogP) is 3.11. The molecule has 1 aliphatic heterocycles. The van der Waals surface area contributed by atoms with Gasteiger partial charge in [0.15, 0.2) is 0 Å². The minimum absolute atomic E-state index is 0.0919. The Balaban J connectivity index is 2.04. The minimum Gasteiger partial charge on any atom is -0.493 e. The van der Waals surface area contributed by atoms with Gasteiger partial charge in [-0.3, -0.25) is 4.98 Å². The van der Waals surface area contributed by atoms with E-state index < -0.39 is 0 Å². The third kappa shape index (κ3) is 2.54. The topological polar surface area (TPSA) is 34.2 Å². The fraction of sp³-hybridized carbons (Fsp3) is 0.353. The summed E-state index contributed by atoms with van der Waals surface area (Å²) in [6.07, 6.45) is 4.05. The lowest BCUT2D eigenvalue weighted by Gasteiger charge is -2.25. The van der Waals surface area contributed by atoms with Crippen molar-refractivity contribution < 1.29 is 4.74 Å². The van der Waals surface area contributed by atoms with Gasteiger partial charge in [-0.15, -0.1) is 0 Å². The Morgan fingerprint density at radius 2 is 2.20 bits per heavy atom. The van der Waals surface area contributed by atoms with Crippen LogP contribution in [0.3, 0.4) is 0 Å². The van der Waals surface area contributed by atoms with Crippen LogP contribution in [0.25, 0.3) is 0 Å². The molecule has 0 fully saturated rings. The number of nitrogens with one attached hydrogen (secondary N) is 1. The number of fused-ring (bicyclic) bond motifs is 1. The number of hydrogen-bond acceptors (Lipinski definition) is 3. The van der Waals surface area contributed by atoms with Crippen molar-refractivity contribution >= 4 is 0 Å². The molecule has 104 valence electrons. The monoisotopic (exact) mass is 268 g/mol. The summed E-state index contributed by atoms with van der Waals surface area (Å²) in [5.74, 6) is 1.05. The third-order valence-electron chi connectivity index (χ3n) is 3.67. The van der Waals surface area contributed by atoms with Gasteiger partial charge in [0, 0.05) is 11.8 Å². The van der Waals surface area contributed by atoms with Crippen molar-refractivity contribution in [3.63, 3.8) is 0 Å². The van der Waals surface area contributed by atoms with Gasteiger partial charge >= 0.3 is 0 Å². The van der Waals surface area contributed by atoms with Crippen LogP contribution < -0.4 is 10.1 Å². The van der Waals surface area contributed by atoms with Crippen LogP contribution in [0.5, 0.6) is 5.75 Å². The largest absolute Gasteiger partial charge is 0.493 e. The quantitative estimate of drug-likeness (QED) is 0.925. The molecular weight excluding hydrogens is 248 g/mol. The summed E-state index contributed by atoms with van der Waals surface area (Å²) in [6, 6.07) is 12.6. The molecule has 0 spiro atoms. The molecule has 0 saturated heterocycles. The molecule has 3 heteroatoms. The Kier molecular flexibility index (Phi) is 3.97. The number of para-hydroxylation sites is 1. The number of aromatic nitrogens is 1. The van der Waals surface area contributed by atoms with Gasteiger partial charge in [0.05, 0.1) is 18.3 Å². The molecule has 20 heavy (non-hydrogen) atoms. The second-order valence-corrected chi connectivity index (χ2v) is 5.03. The zero-order valence-electron chi connectivity index (χ0n) is 11.8. The van der Waals surface area contributed by atoms with Gasteiger partial charge in [-0.25, -0.2) is 0 Å². The molecule has 1 aliphatic rings. The lowest BCUT2D eigenvalue weighted by atomic mass is 9.96. The second-order valence-electron chi connectivity index (χ2n) is 5.03. The molecule has 1 atom stereocenters. The first kappa shape index (κ1) is 13.1. The number of benzene rings is 1. The lowest BCUT2D eigenvalue weighted by molar-refractivity contribution is 0.283. The molecular formula is C17H20N2O. The second kappa shape index (κ2) is 6.06. The molecule has 0 radical (unpaired) electrons. The Bertz CT molecular complexity index is 568. The molecule has 3 rings (SSSR count). The lowest BCUT2D eigenvalue weighted by Crippen LogP contribution is -2.24. The molecule has 2 heterocycles. The molecule has 1 unspecified atom stereocenters. The van der Waals surface area contributed by atoms with E-state index in [1.807, 2.05) is 18.3 Å². The smallest absolute Gasteiger partial charge is 0.127 e. The Hall–Kier alpha value is -1.87. The maximum absolute atomic E-state index is 5.94. The van der Waals surface area contributed by atoms with Gasteiger partial charge in [0.25, 0.3) is 0 Å². The van der Waals surface area contributed by atoms with Crippen molar-refractivity contribution in [1.29, 1.82) is 0 Å². The van der Waals surface area contributed by atoms with Crippen LogP contribution in [0.4, 0.5) is 0 Å². The van der Waals surface area contributed by atoms with Crippen molar-refractivity contribution in [2.45, 2.75) is 25.8 Å². The molecule has 2 aromatic rings. The third-order valence-corrected chi connectivity index (χ3v) is 3.67. The van der Waals surface area contributed by atoms with Gasteiger partial charge in [-0.05, 0) is 37.1 Å². The van der Waals surface area contributed by atoms with E-state index in [0.29, 0.717) is 0 Å². The van der Waals surface area contributed by atoms with E-state index in [1.165, 1.54) is 11.1 Å². The van der Waals surface area contributed by atoms with Crippen LogP contribution >= 0.6 is 0 Å². The normalized spacial score (nSPS) is 15.2. The molecule has 1 aromatic carbocycles. The van der Waals surface area contributed by atoms with Crippen molar-refractivity contribution in [3.8, 4) is 5.75 Å². The first-order valence-corrected chi connectivity index (χ1v) is 7.29. The molecule has 3 nitrogen and oxygen atoms in total. The standard InChI is InChI=1S/C17H20N2O/c1-2-18-16(15-10-3-4-11-19-15)14-9-5-7-13-8-6-12-20-17(13)14/h3-5,7,9-11,16,18H,2,6,8,12H2,1H3. The Morgan fingerprint density at radius 3 is 3.00 bits per heavy atom. The van der Waals surface area contributed by atoms with E-state index in [4.69, 9.17) is 4.74 Å². The molecule has 0 aliphatic carbocycles. The van der Waals surface area contributed by atoms with E-state index in [-0.39, 0.29) is 6.04 Å². The highest BCUT2D eigenvalue weighted by Gasteiger charge is 2.22. The summed E-state index contributed by atoms with van der Waals surface area (Å²) >= 11 is 0. The van der Waals surface area contributed by atoms with E-state index in [9.17, 15) is 0 Å². The van der Waals surface area contributed by atoms with Crippen LogP contribution in [0.15, 0.2) is 42.6 Å². The van der Waals surface area contributed by atoms with Crippen LogP contribution in [0, 0.1) is 0 Å². The van der Waals surface area contributed by atoms with Gasteiger partial charge < -0.3 is 10.1 Å². The van der Waals surface area contributed by atoms with E-state index in [2.05, 4.69) is 41.5 Å².